The zero-order valence-corrected chi connectivity index (χ0v) is 21.9. The number of nitrogens with zero attached hydrogens (tertiary/aromatic N) is 3. The number of halogens is 3. The van der Waals surface area contributed by atoms with Crippen LogP contribution in [0.4, 0.5) is 19.0 Å². The normalized spacial score (nSPS) is 22.0. The maximum atomic E-state index is 13.1. The van der Waals surface area contributed by atoms with Gasteiger partial charge in [0.1, 0.15) is 23.0 Å². The fourth-order valence-electron chi connectivity index (χ4n) is 6.30. The summed E-state index contributed by atoms with van der Waals surface area (Å²) in [6, 6.07) is 15.7. The summed E-state index contributed by atoms with van der Waals surface area (Å²) < 4.78 is 49.2. The van der Waals surface area contributed by atoms with Crippen LogP contribution in [-0.4, -0.2) is 45.7 Å². The van der Waals surface area contributed by atoms with Gasteiger partial charge in [-0.25, -0.2) is 9.78 Å². The number of hydrogen-bond donors (Lipinski definition) is 2. The number of fused-ring (bicyclic) bond motifs is 3. The topological polar surface area (TPSA) is 101 Å². The number of pyridine rings is 1. The van der Waals surface area contributed by atoms with Crippen LogP contribution in [0.5, 0.6) is 5.75 Å². The molecular weight excluding hydrogens is 537 g/mol. The number of anilines is 1. The first-order chi connectivity index (χ1) is 19.7. The molecule has 2 saturated heterocycles. The molecule has 11 heteroatoms. The molecule has 8 rings (SSSR count). The second-order valence-corrected chi connectivity index (χ2v) is 11.1. The van der Waals surface area contributed by atoms with E-state index in [2.05, 4.69) is 20.1 Å². The standard InChI is InChI=1S/C30H27F3N4O4/c31-30(32,33)40-25-4-2-1-3-22(25)27-23(28(41-36-27)16-5-6-16)15-34-19-12-20-14-21(13-19)37(20)26-10-8-17-11-18(29(38)39)7-9-24(17)35-26/h1-4,7-11,16,19-21,34H,5-6,12-15H2,(H,38,39). The molecule has 8 nitrogen and oxygen atoms in total. The molecule has 0 radical (unpaired) electrons. The summed E-state index contributed by atoms with van der Waals surface area (Å²) in [4.78, 5) is 18.4. The van der Waals surface area contributed by atoms with Crippen molar-refractivity contribution in [1.82, 2.24) is 15.5 Å². The number of aromatic nitrogens is 2. The molecule has 2 unspecified atom stereocenters. The smallest absolute Gasteiger partial charge is 0.478 e. The van der Waals surface area contributed by atoms with E-state index in [-0.39, 0.29) is 28.8 Å². The number of aromatic carboxylic acids is 1. The number of carboxylic acids is 1. The highest BCUT2D eigenvalue weighted by molar-refractivity contribution is 5.93. The summed E-state index contributed by atoms with van der Waals surface area (Å²) >= 11 is 0. The van der Waals surface area contributed by atoms with Crippen LogP contribution in [0, 0.1) is 0 Å². The number of benzene rings is 2. The van der Waals surface area contributed by atoms with E-state index in [1.54, 1.807) is 30.3 Å². The summed E-state index contributed by atoms with van der Waals surface area (Å²) in [6.45, 7) is 0.440. The predicted octanol–water partition coefficient (Wildman–Crippen LogP) is 6.26. The zero-order valence-electron chi connectivity index (χ0n) is 21.9. The number of piperidine rings is 1. The van der Waals surface area contributed by atoms with Gasteiger partial charge in [-0.15, -0.1) is 13.2 Å². The molecule has 4 aliphatic rings. The fraction of sp³-hybridized carbons (Fsp3) is 0.367. The van der Waals surface area contributed by atoms with Crippen molar-refractivity contribution in [1.29, 1.82) is 0 Å². The lowest BCUT2D eigenvalue weighted by molar-refractivity contribution is -0.274. The Labute approximate surface area is 233 Å². The highest BCUT2D eigenvalue weighted by Crippen LogP contribution is 2.46. The van der Waals surface area contributed by atoms with Gasteiger partial charge in [0.05, 0.1) is 11.1 Å². The van der Waals surface area contributed by atoms with Crippen LogP contribution >= 0.6 is 0 Å². The van der Waals surface area contributed by atoms with Gasteiger partial charge in [-0.05, 0) is 74.6 Å². The Morgan fingerprint density at radius 1 is 1.07 bits per heavy atom. The largest absolute Gasteiger partial charge is 0.573 e. The monoisotopic (exact) mass is 564 g/mol. The molecule has 4 fully saturated rings. The molecule has 2 aliphatic carbocycles. The molecule has 2 bridgehead atoms. The van der Waals surface area contributed by atoms with Crippen molar-refractivity contribution in [2.24, 2.45) is 0 Å². The van der Waals surface area contributed by atoms with Gasteiger partial charge < -0.3 is 24.6 Å². The van der Waals surface area contributed by atoms with Crippen LogP contribution in [0.15, 0.2) is 59.1 Å². The van der Waals surface area contributed by atoms with Gasteiger partial charge in [0.15, 0.2) is 0 Å². The van der Waals surface area contributed by atoms with E-state index in [1.165, 1.54) is 12.1 Å². The molecule has 0 amide bonds. The minimum Gasteiger partial charge on any atom is -0.478 e. The lowest BCUT2D eigenvalue weighted by Crippen LogP contribution is -2.64. The van der Waals surface area contributed by atoms with E-state index in [1.807, 2.05) is 12.1 Å². The average Bonchev–Trinajstić information content (AvgIpc) is 3.70. The van der Waals surface area contributed by atoms with Crippen LogP contribution in [0.25, 0.3) is 22.2 Å². The summed E-state index contributed by atoms with van der Waals surface area (Å²) in [7, 11) is 0. The van der Waals surface area contributed by atoms with Crippen molar-refractivity contribution >= 4 is 22.7 Å². The van der Waals surface area contributed by atoms with Gasteiger partial charge >= 0.3 is 12.3 Å². The van der Waals surface area contributed by atoms with E-state index >= 15 is 0 Å². The van der Waals surface area contributed by atoms with Gasteiger partial charge in [-0.3, -0.25) is 0 Å². The maximum Gasteiger partial charge on any atom is 0.573 e. The lowest BCUT2D eigenvalue weighted by Gasteiger charge is -2.56. The van der Waals surface area contributed by atoms with E-state index in [4.69, 9.17) is 9.51 Å². The summed E-state index contributed by atoms with van der Waals surface area (Å²) in [5.41, 5.74) is 2.42. The molecule has 2 atom stereocenters. The molecule has 2 aliphatic heterocycles. The van der Waals surface area contributed by atoms with Gasteiger partial charge in [0.2, 0.25) is 0 Å². The third-order valence-electron chi connectivity index (χ3n) is 8.33. The maximum absolute atomic E-state index is 13.1. The Hall–Kier alpha value is -4.12. The van der Waals surface area contributed by atoms with Crippen LogP contribution < -0.4 is 15.0 Å². The van der Waals surface area contributed by atoms with Crippen molar-refractivity contribution in [2.45, 2.75) is 69.1 Å². The number of para-hydroxylation sites is 1. The average molecular weight is 565 g/mol. The molecule has 4 aromatic rings. The Bertz CT molecular complexity index is 1620. The number of nitrogens with one attached hydrogen (secondary N) is 1. The molecule has 2 aromatic heterocycles. The van der Waals surface area contributed by atoms with Crippen molar-refractivity contribution in [3.05, 3.63) is 71.5 Å². The van der Waals surface area contributed by atoms with E-state index in [0.29, 0.717) is 24.3 Å². The molecule has 0 spiro atoms. The quantitative estimate of drug-likeness (QED) is 0.259. The third kappa shape index (κ3) is 4.99. The molecule has 4 heterocycles. The van der Waals surface area contributed by atoms with Gasteiger partial charge in [-0.1, -0.05) is 17.3 Å². The van der Waals surface area contributed by atoms with Gasteiger partial charge in [0.25, 0.3) is 0 Å². The first-order valence-corrected chi connectivity index (χ1v) is 13.7. The number of alkyl halides is 3. The summed E-state index contributed by atoms with van der Waals surface area (Å²) in [5, 5.41) is 17.9. The zero-order chi connectivity index (χ0) is 28.3. The first-order valence-electron chi connectivity index (χ1n) is 13.7. The van der Waals surface area contributed by atoms with Crippen molar-refractivity contribution < 1.29 is 32.3 Å². The highest BCUT2D eigenvalue weighted by atomic mass is 19.4. The third-order valence-corrected chi connectivity index (χ3v) is 8.33. The Morgan fingerprint density at radius 2 is 1.85 bits per heavy atom. The molecule has 212 valence electrons. The number of hydrogen-bond acceptors (Lipinski definition) is 7. The molecular formula is C30H27F3N4O4. The van der Waals surface area contributed by atoms with Crippen molar-refractivity contribution in [3.8, 4) is 17.0 Å². The van der Waals surface area contributed by atoms with E-state index < -0.39 is 12.3 Å². The van der Waals surface area contributed by atoms with Crippen LogP contribution in [0.2, 0.25) is 0 Å². The molecule has 2 saturated carbocycles. The molecule has 2 aromatic carbocycles. The number of ether oxygens (including phenoxy) is 1. The Kier molecular flexibility index (Phi) is 6.15. The predicted molar refractivity (Wildman–Crippen MR) is 144 cm³/mol. The highest BCUT2D eigenvalue weighted by Gasteiger charge is 2.46. The Balaban J connectivity index is 1.07. The second-order valence-electron chi connectivity index (χ2n) is 11.1. The second kappa shape index (κ2) is 9.76. The SMILES string of the molecule is O=C(O)c1ccc2nc(N3C4CC(NCc5c(-c6ccccc6OC(F)(F)F)noc5C5CC5)CC3C4)ccc2c1. The Morgan fingerprint density at radius 3 is 2.59 bits per heavy atom. The van der Waals surface area contributed by atoms with Crippen LogP contribution in [-0.2, 0) is 6.54 Å². The lowest BCUT2D eigenvalue weighted by atomic mass is 9.76. The fourth-order valence-corrected chi connectivity index (χ4v) is 6.30. The number of carbonyl (C=O) groups is 1. The van der Waals surface area contributed by atoms with Crippen LogP contribution in [0.1, 0.15) is 59.7 Å². The minimum absolute atomic E-state index is 0.227. The summed E-state index contributed by atoms with van der Waals surface area (Å²) in [5.74, 6) is 0.605. The first kappa shape index (κ1) is 25.8. The van der Waals surface area contributed by atoms with Gasteiger partial charge in [-0.2, -0.15) is 0 Å². The van der Waals surface area contributed by atoms with Crippen molar-refractivity contribution in [2.75, 3.05) is 4.90 Å². The number of carboxylic acid groups (broad SMARTS) is 1. The van der Waals surface area contributed by atoms with Crippen LogP contribution in [0.3, 0.4) is 0 Å². The van der Waals surface area contributed by atoms with Gasteiger partial charge in [0, 0.05) is 47.1 Å². The summed E-state index contributed by atoms with van der Waals surface area (Å²) in [6.07, 6.45) is 0.0167. The number of rotatable bonds is 8. The van der Waals surface area contributed by atoms with E-state index in [9.17, 15) is 23.1 Å². The molecule has 2 N–H and O–H groups in total. The minimum atomic E-state index is -4.81. The van der Waals surface area contributed by atoms with Crippen molar-refractivity contribution in [3.63, 3.8) is 0 Å². The molecule has 41 heavy (non-hydrogen) atoms. The van der Waals surface area contributed by atoms with E-state index in [0.717, 1.165) is 60.1 Å².